The number of nitrogens with two attached hydrogens (primary N) is 1. The van der Waals surface area contributed by atoms with E-state index < -0.39 is 0 Å². The van der Waals surface area contributed by atoms with Crippen molar-refractivity contribution in [1.29, 1.82) is 5.41 Å². The molecule has 0 atom stereocenters. The number of pyridine rings is 1. The molecule has 1 saturated carbocycles. The summed E-state index contributed by atoms with van der Waals surface area (Å²) >= 11 is 0. The first-order valence-corrected chi connectivity index (χ1v) is 8.23. The molecule has 4 heteroatoms. The highest BCUT2D eigenvalue weighted by Crippen LogP contribution is 2.29. The van der Waals surface area contributed by atoms with Crippen LogP contribution in [0.1, 0.15) is 55.3 Å². The zero-order chi connectivity index (χ0) is 14.8. The van der Waals surface area contributed by atoms with Crippen molar-refractivity contribution in [3.8, 4) is 0 Å². The molecule has 0 amide bonds. The SMILES string of the molecule is CN(CC1CCCCC1)c1nc2c(cc1C(=N)N)CCC2. The largest absolute Gasteiger partial charge is 0.384 e. The molecule has 0 radical (unpaired) electrons. The number of fused-ring (bicyclic) bond motifs is 1. The van der Waals surface area contributed by atoms with Gasteiger partial charge in [-0.3, -0.25) is 5.41 Å². The maximum Gasteiger partial charge on any atom is 0.139 e. The van der Waals surface area contributed by atoms with Crippen LogP contribution in [-0.2, 0) is 12.8 Å². The Hall–Kier alpha value is -1.58. The van der Waals surface area contributed by atoms with E-state index in [1.54, 1.807) is 0 Å². The quantitative estimate of drug-likeness (QED) is 0.660. The van der Waals surface area contributed by atoms with E-state index in [2.05, 4.69) is 18.0 Å². The molecule has 4 nitrogen and oxygen atoms in total. The molecule has 1 aromatic heterocycles. The third-order valence-corrected chi connectivity index (χ3v) is 4.94. The van der Waals surface area contributed by atoms with Crippen LogP contribution in [0.25, 0.3) is 0 Å². The molecule has 0 aliphatic heterocycles. The number of nitrogens with zero attached hydrogens (tertiary/aromatic N) is 2. The second-order valence-electron chi connectivity index (χ2n) is 6.62. The first-order valence-electron chi connectivity index (χ1n) is 8.23. The van der Waals surface area contributed by atoms with E-state index in [9.17, 15) is 0 Å². The molecule has 0 aromatic carbocycles. The molecule has 2 aliphatic rings. The molecular weight excluding hydrogens is 260 g/mol. The minimum atomic E-state index is 0.141. The van der Waals surface area contributed by atoms with E-state index in [1.165, 1.54) is 49.8 Å². The van der Waals surface area contributed by atoms with Gasteiger partial charge in [0.2, 0.25) is 0 Å². The third kappa shape index (κ3) is 3.04. The van der Waals surface area contributed by atoms with Gasteiger partial charge in [0, 0.05) is 19.3 Å². The summed E-state index contributed by atoms with van der Waals surface area (Å²) in [6, 6.07) is 2.10. The Morgan fingerprint density at radius 3 is 2.76 bits per heavy atom. The fourth-order valence-corrected chi connectivity index (χ4v) is 3.79. The summed E-state index contributed by atoms with van der Waals surface area (Å²) in [4.78, 5) is 7.07. The van der Waals surface area contributed by atoms with E-state index in [-0.39, 0.29) is 5.84 Å². The summed E-state index contributed by atoms with van der Waals surface area (Å²) in [5.74, 6) is 1.81. The highest BCUT2D eigenvalue weighted by atomic mass is 15.2. The maximum absolute atomic E-state index is 7.86. The zero-order valence-corrected chi connectivity index (χ0v) is 13.0. The van der Waals surface area contributed by atoms with Crippen molar-refractivity contribution in [1.82, 2.24) is 4.98 Å². The summed E-state index contributed by atoms with van der Waals surface area (Å²) in [6.45, 7) is 1.03. The van der Waals surface area contributed by atoms with Crippen molar-refractivity contribution in [2.24, 2.45) is 11.7 Å². The van der Waals surface area contributed by atoms with Gasteiger partial charge in [0.05, 0.1) is 5.56 Å². The number of rotatable bonds is 4. The topological polar surface area (TPSA) is 66.0 Å². The fraction of sp³-hybridized carbons (Fsp3) is 0.647. The maximum atomic E-state index is 7.86. The summed E-state index contributed by atoms with van der Waals surface area (Å²) in [7, 11) is 2.10. The molecule has 1 fully saturated rings. The van der Waals surface area contributed by atoms with Crippen molar-refractivity contribution in [3.05, 3.63) is 22.9 Å². The van der Waals surface area contributed by atoms with Gasteiger partial charge < -0.3 is 10.6 Å². The third-order valence-electron chi connectivity index (χ3n) is 4.94. The number of anilines is 1. The average Bonchev–Trinajstić information content (AvgIpc) is 2.94. The molecule has 1 heterocycles. The minimum absolute atomic E-state index is 0.141. The molecule has 0 saturated heterocycles. The van der Waals surface area contributed by atoms with Gasteiger partial charge in [0.15, 0.2) is 0 Å². The number of nitrogens with one attached hydrogen (secondary N) is 1. The Labute approximate surface area is 127 Å². The van der Waals surface area contributed by atoms with Crippen molar-refractivity contribution in [3.63, 3.8) is 0 Å². The van der Waals surface area contributed by atoms with Crippen LogP contribution in [0.2, 0.25) is 0 Å². The van der Waals surface area contributed by atoms with Crippen LogP contribution in [0.5, 0.6) is 0 Å². The van der Waals surface area contributed by atoms with Crippen molar-refractivity contribution >= 4 is 11.7 Å². The Morgan fingerprint density at radius 1 is 1.29 bits per heavy atom. The van der Waals surface area contributed by atoms with Gasteiger partial charge in [-0.25, -0.2) is 4.98 Å². The van der Waals surface area contributed by atoms with Crippen LogP contribution in [-0.4, -0.2) is 24.4 Å². The van der Waals surface area contributed by atoms with E-state index in [0.717, 1.165) is 36.7 Å². The second kappa shape index (κ2) is 6.04. The number of hydrogen-bond donors (Lipinski definition) is 2. The van der Waals surface area contributed by atoms with Crippen molar-refractivity contribution in [2.45, 2.75) is 51.4 Å². The van der Waals surface area contributed by atoms with Gasteiger partial charge in [-0.15, -0.1) is 0 Å². The summed E-state index contributed by atoms with van der Waals surface area (Å²) in [5, 5.41) is 7.86. The summed E-state index contributed by atoms with van der Waals surface area (Å²) in [6.07, 6.45) is 10.1. The highest BCUT2D eigenvalue weighted by molar-refractivity contribution is 5.99. The Bertz CT molecular complexity index is 532. The standard InChI is InChI=1S/C17H26N4/c1-21(11-12-6-3-2-4-7-12)17-14(16(18)19)10-13-8-5-9-15(13)20-17/h10,12H,2-9,11H2,1H3,(H3,18,19). The molecule has 3 N–H and O–H groups in total. The molecule has 1 aromatic rings. The number of hydrogen-bond acceptors (Lipinski definition) is 3. The normalized spacial score (nSPS) is 18.5. The first-order chi connectivity index (χ1) is 10.1. The molecule has 114 valence electrons. The number of nitrogen functional groups attached to an aromatic ring is 1. The summed E-state index contributed by atoms with van der Waals surface area (Å²) in [5.41, 5.74) is 9.11. The zero-order valence-electron chi connectivity index (χ0n) is 13.0. The molecule has 3 rings (SSSR count). The highest BCUT2D eigenvalue weighted by Gasteiger charge is 2.22. The lowest BCUT2D eigenvalue weighted by Crippen LogP contribution is -2.30. The molecular formula is C17H26N4. The average molecular weight is 286 g/mol. The van der Waals surface area contributed by atoms with Crippen LogP contribution in [0, 0.1) is 11.3 Å². The Morgan fingerprint density at radius 2 is 2.05 bits per heavy atom. The van der Waals surface area contributed by atoms with Gasteiger partial charge in [0.25, 0.3) is 0 Å². The van der Waals surface area contributed by atoms with Gasteiger partial charge in [-0.1, -0.05) is 19.3 Å². The predicted molar refractivity (Wildman–Crippen MR) is 87.1 cm³/mol. The minimum Gasteiger partial charge on any atom is -0.384 e. The van der Waals surface area contributed by atoms with E-state index in [1.807, 2.05) is 0 Å². The Kier molecular flexibility index (Phi) is 4.13. The molecule has 0 bridgehead atoms. The second-order valence-corrected chi connectivity index (χ2v) is 6.62. The number of aromatic nitrogens is 1. The molecule has 2 aliphatic carbocycles. The monoisotopic (exact) mass is 286 g/mol. The van der Waals surface area contributed by atoms with Gasteiger partial charge in [-0.2, -0.15) is 0 Å². The lowest BCUT2D eigenvalue weighted by atomic mass is 9.89. The smallest absolute Gasteiger partial charge is 0.139 e. The molecule has 0 unspecified atom stereocenters. The van der Waals surface area contributed by atoms with E-state index >= 15 is 0 Å². The predicted octanol–water partition coefficient (Wildman–Crippen LogP) is 2.87. The van der Waals surface area contributed by atoms with Crippen molar-refractivity contribution in [2.75, 3.05) is 18.5 Å². The number of amidine groups is 1. The van der Waals surface area contributed by atoms with Crippen LogP contribution in [0.15, 0.2) is 6.07 Å². The van der Waals surface area contributed by atoms with Crippen LogP contribution in [0.3, 0.4) is 0 Å². The summed E-state index contributed by atoms with van der Waals surface area (Å²) < 4.78 is 0. The van der Waals surface area contributed by atoms with Gasteiger partial charge >= 0.3 is 0 Å². The first kappa shape index (κ1) is 14.4. The molecule has 0 spiro atoms. The van der Waals surface area contributed by atoms with Crippen LogP contribution >= 0.6 is 0 Å². The van der Waals surface area contributed by atoms with Gasteiger partial charge in [-0.05, 0) is 49.7 Å². The lowest BCUT2D eigenvalue weighted by molar-refractivity contribution is 0.361. The fourth-order valence-electron chi connectivity index (χ4n) is 3.79. The van der Waals surface area contributed by atoms with E-state index in [4.69, 9.17) is 16.1 Å². The van der Waals surface area contributed by atoms with Crippen molar-refractivity contribution < 1.29 is 0 Å². The van der Waals surface area contributed by atoms with E-state index in [0.29, 0.717) is 0 Å². The van der Waals surface area contributed by atoms with Gasteiger partial charge in [0.1, 0.15) is 11.7 Å². The lowest BCUT2D eigenvalue weighted by Gasteiger charge is -2.29. The number of aryl methyl sites for hydroxylation is 2. The van der Waals surface area contributed by atoms with Crippen LogP contribution in [0.4, 0.5) is 5.82 Å². The molecule has 21 heavy (non-hydrogen) atoms. The Balaban J connectivity index is 1.83. The van der Waals surface area contributed by atoms with Crippen LogP contribution < -0.4 is 10.6 Å².